The van der Waals surface area contributed by atoms with Crippen molar-refractivity contribution in [1.82, 2.24) is 0 Å². The third-order valence-corrected chi connectivity index (χ3v) is 3.06. The van der Waals surface area contributed by atoms with Gasteiger partial charge in [0.15, 0.2) is 0 Å². The Balaban J connectivity index is 1.97. The quantitative estimate of drug-likeness (QED) is 0.529. The van der Waals surface area contributed by atoms with E-state index >= 15 is 0 Å². The van der Waals surface area contributed by atoms with E-state index in [1.165, 1.54) is 0 Å². The van der Waals surface area contributed by atoms with Crippen LogP contribution >= 0.6 is 0 Å². The molecule has 0 heterocycles. The maximum absolute atomic E-state index is 12.8. The molecule has 1 aliphatic carbocycles. The van der Waals surface area contributed by atoms with Gasteiger partial charge >= 0.3 is 0 Å². The molecule has 15 heavy (non-hydrogen) atoms. The maximum Gasteiger partial charge on any atom is 0.101 e. The number of hydrogen-bond donors (Lipinski definition) is 1. The minimum atomic E-state index is -0.560. The topological polar surface area (TPSA) is 20.2 Å². The molecule has 0 saturated heterocycles. The van der Waals surface area contributed by atoms with Crippen molar-refractivity contribution in [2.75, 3.05) is 0 Å². The monoisotopic (exact) mass is 214 g/mol. The third-order valence-electron chi connectivity index (χ3n) is 3.06. The Morgan fingerprint density at radius 3 is 2.80 bits per heavy atom. The zero-order chi connectivity index (χ0) is 11.1. The Kier molecular flexibility index (Phi) is 5.92. The number of aliphatic hydroxyl groups excluding tert-OH is 1. The minimum absolute atomic E-state index is 0.170. The number of hydrogen-bond acceptors (Lipinski definition) is 1. The first-order valence-corrected chi connectivity index (χ1v) is 6.17. The van der Waals surface area contributed by atoms with Gasteiger partial charge in [0.05, 0.1) is 6.10 Å². The highest BCUT2D eigenvalue weighted by atomic mass is 19.1. The summed E-state index contributed by atoms with van der Waals surface area (Å²) >= 11 is 0. The van der Waals surface area contributed by atoms with E-state index in [-0.39, 0.29) is 6.10 Å². The van der Waals surface area contributed by atoms with Crippen LogP contribution < -0.4 is 0 Å². The van der Waals surface area contributed by atoms with Gasteiger partial charge < -0.3 is 5.11 Å². The van der Waals surface area contributed by atoms with E-state index in [0.717, 1.165) is 44.9 Å². The Morgan fingerprint density at radius 1 is 1.40 bits per heavy atom. The molecule has 0 bridgehead atoms. The van der Waals surface area contributed by atoms with Crippen molar-refractivity contribution in [3.63, 3.8) is 0 Å². The number of halogens is 1. The van der Waals surface area contributed by atoms with Crippen molar-refractivity contribution in [3.8, 4) is 0 Å². The Hall–Kier alpha value is -0.370. The largest absolute Gasteiger partial charge is 0.393 e. The lowest BCUT2D eigenvalue weighted by Gasteiger charge is -2.02. The third kappa shape index (κ3) is 5.93. The molecular formula is C13H23FO. The molecule has 0 aromatic rings. The van der Waals surface area contributed by atoms with Crippen molar-refractivity contribution in [3.05, 3.63) is 12.2 Å². The summed E-state index contributed by atoms with van der Waals surface area (Å²) in [6, 6.07) is 0. The number of aliphatic hydroxyl groups is 1. The van der Waals surface area contributed by atoms with E-state index in [4.69, 9.17) is 5.11 Å². The van der Waals surface area contributed by atoms with Crippen LogP contribution in [-0.2, 0) is 0 Å². The Bertz CT molecular complexity index is 189. The zero-order valence-corrected chi connectivity index (χ0v) is 9.66. The highest BCUT2D eigenvalue weighted by Crippen LogP contribution is 2.28. The predicted molar refractivity (Wildman–Crippen MR) is 61.5 cm³/mol. The second-order valence-electron chi connectivity index (χ2n) is 4.73. The fraction of sp³-hybridized carbons (Fsp3) is 0.846. The second-order valence-corrected chi connectivity index (χ2v) is 4.73. The van der Waals surface area contributed by atoms with Crippen LogP contribution in [0.25, 0.3) is 0 Å². The average Bonchev–Trinajstić information content (AvgIpc) is 2.57. The first kappa shape index (κ1) is 12.7. The molecule has 1 nitrogen and oxygen atoms in total. The summed E-state index contributed by atoms with van der Waals surface area (Å²) in [5.41, 5.74) is 0. The first-order valence-electron chi connectivity index (χ1n) is 6.17. The van der Waals surface area contributed by atoms with E-state index in [1.807, 2.05) is 6.92 Å². The predicted octanol–water partition coefficient (Wildman–Crippen LogP) is 3.62. The molecule has 2 heteroatoms. The molecule has 1 fully saturated rings. The van der Waals surface area contributed by atoms with Gasteiger partial charge in [-0.25, -0.2) is 4.39 Å². The van der Waals surface area contributed by atoms with Gasteiger partial charge in [0.1, 0.15) is 6.17 Å². The number of unbranched alkanes of at least 4 members (excludes halogenated alkanes) is 2. The van der Waals surface area contributed by atoms with Gasteiger partial charge in [-0.3, -0.25) is 0 Å². The van der Waals surface area contributed by atoms with E-state index in [1.54, 1.807) is 0 Å². The van der Waals surface area contributed by atoms with Gasteiger partial charge in [-0.1, -0.05) is 18.6 Å². The van der Waals surface area contributed by atoms with Gasteiger partial charge in [0, 0.05) is 0 Å². The molecule has 88 valence electrons. The molecule has 1 aliphatic rings. The summed E-state index contributed by atoms with van der Waals surface area (Å²) in [6.45, 7) is 1.83. The summed E-state index contributed by atoms with van der Waals surface area (Å²) in [4.78, 5) is 0. The SMILES string of the molecule is C[C@@H](O)CCCC/C=C/[C@H]1CC[C@@H](F)C1. The molecule has 0 spiro atoms. The number of alkyl halides is 1. The molecule has 1 saturated carbocycles. The van der Waals surface area contributed by atoms with Crippen molar-refractivity contribution >= 4 is 0 Å². The molecule has 1 N–H and O–H groups in total. The van der Waals surface area contributed by atoms with Crippen LogP contribution in [0.15, 0.2) is 12.2 Å². The highest BCUT2D eigenvalue weighted by Gasteiger charge is 2.21. The van der Waals surface area contributed by atoms with Crippen LogP contribution in [0.3, 0.4) is 0 Å². The van der Waals surface area contributed by atoms with E-state index < -0.39 is 6.17 Å². The lowest BCUT2D eigenvalue weighted by Crippen LogP contribution is -1.97. The van der Waals surface area contributed by atoms with Gasteiger partial charge in [-0.15, -0.1) is 0 Å². The molecule has 3 atom stereocenters. The van der Waals surface area contributed by atoms with Gasteiger partial charge in [0.2, 0.25) is 0 Å². The second kappa shape index (κ2) is 7.00. The normalized spacial score (nSPS) is 28.7. The molecule has 1 rings (SSSR count). The standard InChI is InChI=1S/C13H23FO/c1-11(15)6-4-2-3-5-7-12-8-9-13(14)10-12/h5,7,11-13,15H,2-4,6,8-10H2,1H3/b7-5+/t11-,12+,13-/m1/s1. The smallest absolute Gasteiger partial charge is 0.101 e. The van der Waals surface area contributed by atoms with Crippen LogP contribution in [0, 0.1) is 5.92 Å². The first-order chi connectivity index (χ1) is 7.18. The fourth-order valence-electron chi connectivity index (χ4n) is 2.12. The summed E-state index contributed by atoms with van der Waals surface area (Å²) in [7, 11) is 0. The van der Waals surface area contributed by atoms with Gasteiger partial charge in [-0.2, -0.15) is 0 Å². The van der Waals surface area contributed by atoms with E-state index in [0.29, 0.717) is 5.92 Å². The van der Waals surface area contributed by atoms with Crippen molar-refractivity contribution in [1.29, 1.82) is 0 Å². The molecule has 0 aromatic heterocycles. The molecule has 0 unspecified atom stereocenters. The lowest BCUT2D eigenvalue weighted by molar-refractivity contribution is 0.181. The van der Waals surface area contributed by atoms with Crippen LogP contribution in [0.4, 0.5) is 4.39 Å². The minimum Gasteiger partial charge on any atom is -0.393 e. The zero-order valence-electron chi connectivity index (χ0n) is 9.66. The summed E-state index contributed by atoms with van der Waals surface area (Å²) in [6.07, 6.45) is 10.3. The average molecular weight is 214 g/mol. The van der Waals surface area contributed by atoms with Gasteiger partial charge in [-0.05, 0) is 51.4 Å². The summed E-state index contributed by atoms with van der Waals surface area (Å²) in [5, 5.41) is 9.05. The molecule has 0 aromatic carbocycles. The molecule has 0 amide bonds. The molecule has 0 aliphatic heterocycles. The van der Waals surface area contributed by atoms with Gasteiger partial charge in [0.25, 0.3) is 0 Å². The van der Waals surface area contributed by atoms with Crippen molar-refractivity contribution in [2.45, 2.75) is 64.1 Å². The van der Waals surface area contributed by atoms with Crippen molar-refractivity contribution in [2.24, 2.45) is 5.92 Å². The van der Waals surface area contributed by atoms with Crippen LogP contribution in [0.5, 0.6) is 0 Å². The van der Waals surface area contributed by atoms with E-state index in [9.17, 15) is 4.39 Å². The fourth-order valence-corrected chi connectivity index (χ4v) is 2.12. The van der Waals surface area contributed by atoms with Crippen molar-refractivity contribution < 1.29 is 9.50 Å². The molecular weight excluding hydrogens is 191 g/mol. The Labute approximate surface area is 92.4 Å². The van der Waals surface area contributed by atoms with Crippen LogP contribution in [0.1, 0.15) is 51.9 Å². The van der Waals surface area contributed by atoms with Crippen LogP contribution in [-0.4, -0.2) is 17.4 Å². The van der Waals surface area contributed by atoms with E-state index in [2.05, 4.69) is 12.2 Å². The highest BCUT2D eigenvalue weighted by molar-refractivity contribution is 4.93. The van der Waals surface area contributed by atoms with Crippen LogP contribution in [0.2, 0.25) is 0 Å². The summed E-state index contributed by atoms with van der Waals surface area (Å²) in [5.74, 6) is 0.483. The lowest BCUT2D eigenvalue weighted by atomic mass is 10.1. The molecule has 0 radical (unpaired) electrons. The number of allylic oxidation sites excluding steroid dienone is 2. The Morgan fingerprint density at radius 2 is 2.20 bits per heavy atom. The number of rotatable bonds is 6. The summed E-state index contributed by atoms with van der Waals surface area (Å²) < 4.78 is 12.8. The maximum atomic E-state index is 12.8.